The number of aliphatic hydroxyl groups excluding tert-OH is 1. The molecule has 1 aromatic carbocycles. The Morgan fingerprint density at radius 3 is 2.55 bits per heavy atom. The van der Waals surface area contributed by atoms with E-state index in [9.17, 15) is 18.0 Å². The molecule has 0 bridgehead atoms. The zero-order valence-corrected chi connectivity index (χ0v) is 12.4. The molecule has 0 radical (unpaired) electrons. The van der Waals surface area contributed by atoms with Crippen LogP contribution in [0.25, 0.3) is 0 Å². The molecule has 0 aliphatic rings. The number of halogens is 3. The standard InChI is InChI=1S/C15H21F3N2O2/c1-2-5-11(8-9-21)10-19-14(22)20-13-7-4-3-6-12(13)15(16,17)18/h3-4,6-7,11,21H,2,5,8-10H2,1H3,(H2,19,20,22). The number of nitrogens with one attached hydrogen (secondary N) is 2. The Kier molecular flexibility index (Phi) is 7.17. The van der Waals surface area contributed by atoms with E-state index in [1.165, 1.54) is 18.2 Å². The summed E-state index contributed by atoms with van der Waals surface area (Å²) < 4.78 is 38.4. The van der Waals surface area contributed by atoms with Crippen molar-refractivity contribution >= 4 is 11.7 Å². The van der Waals surface area contributed by atoms with E-state index in [4.69, 9.17) is 5.11 Å². The van der Waals surface area contributed by atoms with Gasteiger partial charge in [-0.15, -0.1) is 0 Å². The van der Waals surface area contributed by atoms with Gasteiger partial charge in [-0.25, -0.2) is 4.79 Å². The minimum atomic E-state index is -4.52. The van der Waals surface area contributed by atoms with Crippen molar-refractivity contribution in [3.63, 3.8) is 0 Å². The molecule has 1 rings (SSSR count). The van der Waals surface area contributed by atoms with Crippen molar-refractivity contribution in [3.8, 4) is 0 Å². The van der Waals surface area contributed by atoms with Crippen LogP contribution in [0.4, 0.5) is 23.7 Å². The number of carbonyl (C=O) groups is 1. The number of urea groups is 1. The van der Waals surface area contributed by atoms with Crippen molar-refractivity contribution < 1.29 is 23.1 Å². The van der Waals surface area contributed by atoms with Crippen LogP contribution in [0.2, 0.25) is 0 Å². The molecule has 0 aliphatic carbocycles. The third kappa shape index (κ3) is 5.93. The van der Waals surface area contributed by atoms with Crippen LogP contribution in [0.3, 0.4) is 0 Å². The number of carbonyl (C=O) groups excluding carboxylic acids is 1. The number of hydrogen-bond donors (Lipinski definition) is 3. The van der Waals surface area contributed by atoms with Gasteiger partial charge in [0.25, 0.3) is 0 Å². The SMILES string of the molecule is CCCC(CCO)CNC(=O)Nc1ccccc1C(F)(F)F. The molecular formula is C15H21F3N2O2. The third-order valence-electron chi connectivity index (χ3n) is 3.27. The summed E-state index contributed by atoms with van der Waals surface area (Å²) in [5, 5.41) is 13.7. The topological polar surface area (TPSA) is 61.4 Å². The highest BCUT2D eigenvalue weighted by Crippen LogP contribution is 2.34. The number of amides is 2. The van der Waals surface area contributed by atoms with Crippen molar-refractivity contribution in [2.45, 2.75) is 32.4 Å². The van der Waals surface area contributed by atoms with Crippen LogP contribution in [-0.2, 0) is 6.18 Å². The monoisotopic (exact) mass is 318 g/mol. The lowest BCUT2D eigenvalue weighted by Crippen LogP contribution is -2.34. The smallest absolute Gasteiger partial charge is 0.396 e. The molecule has 1 aromatic rings. The lowest BCUT2D eigenvalue weighted by atomic mass is 10.0. The Morgan fingerprint density at radius 2 is 1.95 bits per heavy atom. The normalized spacial score (nSPS) is 12.8. The van der Waals surface area contributed by atoms with E-state index in [-0.39, 0.29) is 18.2 Å². The molecule has 4 nitrogen and oxygen atoms in total. The van der Waals surface area contributed by atoms with Crippen LogP contribution in [0.1, 0.15) is 31.7 Å². The van der Waals surface area contributed by atoms with Gasteiger partial charge in [-0.3, -0.25) is 0 Å². The lowest BCUT2D eigenvalue weighted by Gasteiger charge is -2.17. The number of benzene rings is 1. The second-order valence-corrected chi connectivity index (χ2v) is 5.05. The average molecular weight is 318 g/mol. The highest BCUT2D eigenvalue weighted by molar-refractivity contribution is 5.90. The molecule has 22 heavy (non-hydrogen) atoms. The van der Waals surface area contributed by atoms with Crippen LogP contribution in [0, 0.1) is 5.92 Å². The van der Waals surface area contributed by atoms with Crippen LogP contribution in [0.15, 0.2) is 24.3 Å². The van der Waals surface area contributed by atoms with Gasteiger partial charge in [0.05, 0.1) is 11.3 Å². The van der Waals surface area contributed by atoms with Gasteiger partial charge >= 0.3 is 12.2 Å². The first-order valence-electron chi connectivity index (χ1n) is 7.20. The Labute approximate surface area is 127 Å². The van der Waals surface area contributed by atoms with Crippen molar-refractivity contribution in [2.24, 2.45) is 5.92 Å². The number of rotatable bonds is 7. The molecule has 0 saturated heterocycles. The van der Waals surface area contributed by atoms with Crippen LogP contribution < -0.4 is 10.6 Å². The molecule has 7 heteroatoms. The van der Waals surface area contributed by atoms with E-state index in [0.29, 0.717) is 13.0 Å². The Hall–Kier alpha value is -1.76. The second-order valence-electron chi connectivity index (χ2n) is 5.05. The van der Waals surface area contributed by atoms with Crippen LogP contribution >= 0.6 is 0 Å². The summed E-state index contributed by atoms with van der Waals surface area (Å²) in [5.41, 5.74) is -1.16. The van der Waals surface area contributed by atoms with E-state index < -0.39 is 17.8 Å². The number of para-hydroxylation sites is 1. The zero-order chi connectivity index (χ0) is 16.6. The zero-order valence-electron chi connectivity index (χ0n) is 12.4. The summed E-state index contributed by atoms with van der Waals surface area (Å²) in [5.74, 6) is 0.110. The summed E-state index contributed by atoms with van der Waals surface area (Å²) >= 11 is 0. The Bertz CT molecular complexity index is 472. The molecule has 2 amide bonds. The molecule has 1 atom stereocenters. The maximum atomic E-state index is 12.8. The fraction of sp³-hybridized carbons (Fsp3) is 0.533. The van der Waals surface area contributed by atoms with Gasteiger partial charge in [-0.05, 0) is 30.9 Å². The highest BCUT2D eigenvalue weighted by Gasteiger charge is 2.33. The van der Waals surface area contributed by atoms with Gasteiger partial charge < -0.3 is 15.7 Å². The molecule has 0 fully saturated rings. The third-order valence-corrected chi connectivity index (χ3v) is 3.27. The molecule has 0 spiro atoms. The van der Waals surface area contributed by atoms with Crippen molar-refractivity contribution in [3.05, 3.63) is 29.8 Å². The second kappa shape index (κ2) is 8.63. The predicted molar refractivity (Wildman–Crippen MR) is 78.6 cm³/mol. The molecule has 1 unspecified atom stereocenters. The molecule has 0 aromatic heterocycles. The average Bonchev–Trinajstić information content (AvgIpc) is 2.45. The van der Waals surface area contributed by atoms with Gasteiger partial charge in [0.2, 0.25) is 0 Å². The minimum absolute atomic E-state index is 0.0187. The minimum Gasteiger partial charge on any atom is -0.396 e. The Balaban J connectivity index is 2.62. The number of aliphatic hydroxyl groups is 1. The maximum Gasteiger partial charge on any atom is 0.418 e. The molecule has 124 valence electrons. The van der Waals surface area contributed by atoms with E-state index >= 15 is 0 Å². The first kappa shape index (κ1) is 18.3. The fourth-order valence-electron chi connectivity index (χ4n) is 2.18. The van der Waals surface area contributed by atoms with E-state index in [2.05, 4.69) is 10.6 Å². The quantitative estimate of drug-likeness (QED) is 0.719. The van der Waals surface area contributed by atoms with Crippen molar-refractivity contribution in [1.29, 1.82) is 0 Å². The molecule has 0 heterocycles. The summed E-state index contributed by atoms with van der Waals surface area (Å²) in [6.45, 7) is 2.32. The van der Waals surface area contributed by atoms with Gasteiger partial charge in [-0.2, -0.15) is 13.2 Å². The number of anilines is 1. The molecular weight excluding hydrogens is 297 g/mol. The largest absolute Gasteiger partial charge is 0.418 e. The summed E-state index contributed by atoms with van der Waals surface area (Å²) in [4.78, 5) is 11.8. The van der Waals surface area contributed by atoms with Crippen molar-refractivity contribution in [1.82, 2.24) is 5.32 Å². The van der Waals surface area contributed by atoms with Crippen molar-refractivity contribution in [2.75, 3.05) is 18.5 Å². The first-order chi connectivity index (χ1) is 10.4. The van der Waals surface area contributed by atoms with Crippen LogP contribution in [-0.4, -0.2) is 24.3 Å². The fourth-order valence-corrected chi connectivity index (χ4v) is 2.18. The maximum absolute atomic E-state index is 12.8. The summed E-state index contributed by atoms with van der Waals surface area (Å²) in [6.07, 6.45) is -2.23. The van der Waals surface area contributed by atoms with E-state index in [0.717, 1.165) is 18.9 Å². The lowest BCUT2D eigenvalue weighted by molar-refractivity contribution is -0.136. The van der Waals surface area contributed by atoms with E-state index in [1.54, 1.807) is 0 Å². The molecule has 0 saturated carbocycles. The molecule has 3 N–H and O–H groups in total. The van der Waals surface area contributed by atoms with Gasteiger partial charge in [0, 0.05) is 13.2 Å². The Morgan fingerprint density at radius 1 is 1.27 bits per heavy atom. The number of hydrogen-bond acceptors (Lipinski definition) is 2. The van der Waals surface area contributed by atoms with Gasteiger partial charge in [0.1, 0.15) is 0 Å². The van der Waals surface area contributed by atoms with Crippen LogP contribution in [0.5, 0.6) is 0 Å². The van der Waals surface area contributed by atoms with Gasteiger partial charge in [-0.1, -0.05) is 25.5 Å². The number of alkyl halides is 3. The van der Waals surface area contributed by atoms with E-state index in [1.807, 2.05) is 6.92 Å². The van der Waals surface area contributed by atoms with Gasteiger partial charge in [0.15, 0.2) is 0 Å². The first-order valence-corrected chi connectivity index (χ1v) is 7.20. The summed E-state index contributed by atoms with van der Waals surface area (Å²) in [7, 11) is 0. The highest BCUT2D eigenvalue weighted by atomic mass is 19.4. The summed E-state index contributed by atoms with van der Waals surface area (Å²) in [6, 6.07) is 4.14. The molecule has 0 aliphatic heterocycles. The predicted octanol–water partition coefficient (Wildman–Crippen LogP) is 3.63.